The molecule has 1 saturated carbocycles. The minimum Gasteiger partial charge on any atom is -0.497 e. The third-order valence-electron chi connectivity index (χ3n) is 11.8. The third-order valence-corrected chi connectivity index (χ3v) is 12.0. The van der Waals surface area contributed by atoms with Gasteiger partial charge < -0.3 is 48.4 Å². The normalized spacial score (nSPS) is 22.8. The van der Waals surface area contributed by atoms with Gasteiger partial charge in [0.2, 0.25) is 5.79 Å². The fraction of sp³-hybridized carbons (Fsp3) is 0.468. The molecule has 6 atom stereocenters. The molecule has 0 saturated heterocycles. The first-order valence-electron chi connectivity index (χ1n) is 21.1. The summed E-state index contributed by atoms with van der Waals surface area (Å²) in [6.07, 6.45) is 6.98. The molecule has 0 aromatic heterocycles. The number of aliphatic hydroxyl groups is 2. The van der Waals surface area contributed by atoms with Crippen LogP contribution in [0.25, 0.3) is 0 Å². The van der Waals surface area contributed by atoms with E-state index >= 15 is 0 Å². The number of unbranched alkanes of at least 4 members (excludes halogenated alkanes) is 2. The average Bonchev–Trinajstić information content (AvgIpc) is 3.29. The number of carbonyl (C=O) groups excluding carboxylic acids is 2. The first kappa shape index (κ1) is 46.2. The number of allylic oxidation sites excluding steroid dienone is 1. The van der Waals surface area contributed by atoms with E-state index in [-0.39, 0.29) is 68.8 Å². The number of ether oxygens (including phenoxy) is 6. The SMILES string of the molecule is C=CCO[C@@]12Oc3ccc(OC(=O)Nc4ccc(OC)cc4OC)cc3[C@H]3[C@H](CCCCO)[C@@H](CCCCO)C=C(C(=NOCc4ccccc4)C[C@@H]1N(C)C(=O)OCCCl)[C@H]32. The molecule has 1 heterocycles. The number of nitrogens with one attached hydrogen (secondary N) is 1. The molecule has 0 bridgehead atoms. The Morgan fingerprint density at radius 2 is 1.76 bits per heavy atom. The molecule has 1 aliphatic heterocycles. The number of fused-ring (bicyclic) bond motifs is 2. The van der Waals surface area contributed by atoms with Crippen LogP contribution >= 0.6 is 11.6 Å². The van der Waals surface area contributed by atoms with E-state index in [1.54, 1.807) is 50.6 Å². The Balaban J connectivity index is 1.50. The number of nitrogens with zero attached hydrogens (tertiary/aromatic N) is 2. The quantitative estimate of drug-likeness (QED) is 0.0407. The van der Waals surface area contributed by atoms with Crippen LogP contribution in [0.1, 0.15) is 62.0 Å². The highest BCUT2D eigenvalue weighted by Gasteiger charge is 2.65. The van der Waals surface area contributed by atoms with Crippen molar-refractivity contribution in [2.24, 2.45) is 22.9 Å². The Morgan fingerprint density at radius 1 is 1.00 bits per heavy atom. The number of benzene rings is 3. The van der Waals surface area contributed by atoms with Crippen molar-refractivity contribution in [3.8, 4) is 23.0 Å². The lowest BCUT2D eigenvalue weighted by molar-refractivity contribution is -0.253. The van der Waals surface area contributed by atoms with Crippen LogP contribution in [0.5, 0.6) is 23.0 Å². The smallest absolute Gasteiger partial charge is 0.417 e. The van der Waals surface area contributed by atoms with Gasteiger partial charge in [-0.15, -0.1) is 18.2 Å². The van der Waals surface area contributed by atoms with E-state index in [1.165, 1.54) is 12.0 Å². The van der Waals surface area contributed by atoms with Crippen LogP contribution < -0.4 is 24.3 Å². The Hall–Kier alpha value is -5.28. The van der Waals surface area contributed by atoms with Crippen LogP contribution in [0.15, 0.2) is 96.2 Å². The van der Waals surface area contributed by atoms with E-state index in [4.69, 9.17) is 50.0 Å². The van der Waals surface area contributed by atoms with Gasteiger partial charge in [0.1, 0.15) is 42.3 Å². The highest BCUT2D eigenvalue weighted by atomic mass is 35.5. The number of likely N-dealkylation sites (N-methyl/N-ethyl adjacent to an activating group) is 1. The van der Waals surface area contributed by atoms with E-state index in [9.17, 15) is 19.8 Å². The number of rotatable bonds is 21. The molecule has 3 N–H and O–H groups in total. The Kier molecular flexibility index (Phi) is 16.5. The van der Waals surface area contributed by atoms with E-state index in [0.717, 1.165) is 42.4 Å². The number of carbonyl (C=O) groups is 2. The molecule has 1 fully saturated rings. The molecule has 3 aliphatic rings. The van der Waals surface area contributed by atoms with Gasteiger partial charge in [-0.3, -0.25) is 5.32 Å². The summed E-state index contributed by atoms with van der Waals surface area (Å²) in [7, 11) is 4.69. The summed E-state index contributed by atoms with van der Waals surface area (Å²) < 4.78 is 36.4. The van der Waals surface area contributed by atoms with Crippen molar-refractivity contribution in [2.75, 3.05) is 58.9 Å². The van der Waals surface area contributed by atoms with E-state index in [1.807, 2.05) is 36.4 Å². The van der Waals surface area contributed by atoms with Gasteiger partial charge in [0.25, 0.3) is 0 Å². The maximum Gasteiger partial charge on any atom is 0.417 e. The molecule has 14 nitrogen and oxygen atoms in total. The molecule has 0 spiro atoms. The Morgan fingerprint density at radius 3 is 2.47 bits per heavy atom. The number of aliphatic hydroxyl groups excluding tert-OH is 2. The van der Waals surface area contributed by atoms with Crippen LogP contribution in [0, 0.1) is 17.8 Å². The zero-order valence-electron chi connectivity index (χ0n) is 35.6. The molecule has 2 aliphatic carbocycles. The zero-order valence-corrected chi connectivity index (χ0v) is 36.4. The van der Waals surface area contributed by atoms with Crippen molar-refractivity contribution < 1.29 is 53.1 Å². The van der Waals surface area contributed by atoms with Gasteiger partial charge in [-0.1, -0.05) is 60.5 Å². The second-order valence-electron chi connectivity index (χ2n) is 15.5. The minimum absolute atomic E-state index is 0.00255. The maximum atomic E-state index is 13.8. The van der Waals surface area contributed by atoms with Crippen molar-refractivity contribution in [2.45, 2.75) is 69.3 Å². The fourth-order valence-corrected chi connectivity index (χ4v) is 9.13. The maximum absolute atomic E-state index is 13.8. The number of halogens is 1. The first-order chi connectivity index (χ1) is 30.2. The molecule has 15 heteroatoms. The molecular formula is C47H58ClN3O11. The van der Waals surface area contributed by atoms with Crippen molar-refractivity contribution in [3.63, 3.8) is 0 Å². The highest BCUT2D eigenvalue weighted by molar-refractivity contribution is 6.18. The highest BCUT2D eigenvalue weighted by Crippen LogP contribution is 2.62. The number of amides is 2. The molecule has 6 rings (SSSR count). The van der Waals surface area contributed by atoms with Crippen molar-refractivity contribution in [1.82, 2.24) is 4.90 Å². The lowest BCUT2D eigenvalue weighted by Crippen LogP contribution is -2.69. The third kappa shape index (κ3) is 10.5. The summed E-state index contributed by atoms with van der Waals surface area (Å²) in [5.74, 6) is -0.610. The average molecular weight is 876 g/mol. The van der Waals surface area contributed by atoms with Gasteiger partial charge in [-0.2, -0.15) is 0 Å². The van der Waals surface area contributed by atoms with Crippen molar-refractivity contribution in [1.29, 1.82) is 0 Å². The summed E-state index contributed by atoms with van der Waals surface area (Å²) in [4.78, 5) is 34.9. The summed E-state index contributed by atoms with van der Waals surface area (Å²) in [6.45, 7) is 4.39. The molecule has 3 aromatic carbocycles. The molecule has 334 valence electrons. The zero-order chi connectivity index (χ0) is 44.1. The Bertz CT molecular complexity index is 2050. The van der Waals surface area contributed by atoms with Crippen LogP contribution in [0.4, 0.5) is 15.3 Å². The second-order valence-corrected chi connectivity index (χ2v) is 15.9. The summed E-state index contributed by atoms with van der Waals surface area (Å²) >= 11 is 5.96. The van der Waals surface area contributed by atoms with E-state index in [0.29, 0.717) is 41.5 Å². The standard InChI is InChI=1S/C47H58ClN3O11/c1-5-24-59-47-42(51(2)46(55)58-25-21-48)29-39(50-60-30-31-13-7-6-8-14-31)36-26-32(15-9-11-22-52)35(16-10-12-23-53)43(44(36)47)37-27-34(18-20-40(37)62-47)61-45(54)49-38-19-17-33(56-3)28-41(38)57-4/h5-8,13-14,17-20,26-28,32,35,42-44,52-53H,1,9-12,15-16,21-25,29-30H2,2-4H3,(H,49,54)/t32-,35+,42-,43+,44+,47+/m0/s1. The number of methoxy groups -OCH3 is 2. The molecule has 62 heavy (non-hydrogen) atoms. The van der Waals surface area contributed by atoms with Gasteiger partial charge in [0, 0.05) is 44.2 Å². The van der Waals surface area contributed by atoms with Crippen molar-refractivity contribution in [3.05, 3.63) is 102 Å². The van der Waals surface area contributed by atoms with Gasteiger partial charge in [0.05, 0.1) is 44.0 Å². The lowest BCUT2D eigenvalue weighted by atomic mass is 9.55. The molecule has 0 unspecified atom stereocenters. The first-order valence-corrected chi connectivity index (χ1v) is 21.7. The van der Waals surface area contributed by atoms with Crippen LogP contribution in [-0.4, -0.2) is 98.4 Å². The second kappa shape index (κ2) is 22.2. The summed E-state index contributed by atoms with van der Waals surface area (Å²) in [5.41, 5.74) is 3.60. The number of hydrogen-bond acceptors (Lipinski definition) is 12. The minimum atomic E-state index is -1.49. The van der Waals surface area contributed by atoms with Crippen molar-refractivity contribution >= 4 is 35.2 Å². The lowest BCUT2D eigenvalue weighted by Gasteiger charge is -2.59. The predicted octanol–water partition coefficient (Wildman–Crippen LogP) is 8.46. The topological polar surface area (TPSA) is 167 Å². The monoisotopic (exact) mass is 875 g/mol. The van der Waals surface area contributed by atoms with Gasteiger partial charge in [0.15, 0.2) is 0 Å². The fourth-order valence-electron chi connectivity index (χ4n) is 9.05. The van der Waals surface area contributed by atoms with Crippen LogP contribution in [0.3, 0.4) is 0 Å². The Labute approximate surface area is 368 Å². The molecule has 0 radical (unpaired) electrons. The number of alkyl halides is 1. The van der Waals surface area contributed by atoms with E-state index < -0.39 is 29.9 Å². The van der Waals surface area contributed by atoms with Gasteiger partial charge in [-0.25, -0.2) is 9.59 Å². The van der Waals surface area contributed by atoms with E-state index in [2.05, 4.69) is 18.0 Å². The van der Waals surface area contributed by atoms with Crippen LogP contribution in [-0.2, 0) is 20.9 Å². The van der Waals surface area contributed by atoms with Gasteiger partial charge in [-0.05, 0) is 79.0 Å². The number of anilines is 1. The molecular weight excluding hydrogens is 818 g/mol. The van der Waals surface area contributed by atoms with Crippen LogP contribution in [0.2, 0.25) is 0 Å². The molecule has 2 amide bonds. The number of hydrogen-bond donors (Lipinski definition) is 3. The largest absolute Gasteiger partial charge is 0.497 e. The summed E-state index contributed by atoms with van der Waals surface area (Å²) in [6, 6.07) is 19.2. The molecule has 3 aromatic rings. The number of oxime groups is 1. The van der Waals surface area contributed by atoms with Gasteiger partial charge >= 0.3 is 12.2 Å². The summed E-state index contributed by atoms with van der Waals surface area (Å²) in [5, 5.41) is 27.4. The predicted molar refractivity (Wildman–Crippen MR) is 235 cm³/mol.